The zero-order chi connectivity index (χ0) is 15.2. The Kier molecular flexibility index (Phi) is 5.00. The number of ether oxygens (including phenoxy) is 1. The Balaban J connectivity index is 2.22. The van der Waals surface area contributed by atoms with Crippen LogP contribution in [0.4, 0.5) is 8.78 Å². The van der Waals surface area contributed by atoms with Crippen molar-refractivity contribution in [1.82, 2.24) is 0 Å². The fourth-order valence-corrected chi connectivity index (χ4v) is 1.89. The van der Waals surface area contributed by atoms with E-state index < -0.39 is 24.9 Å². The lowest BCUT2D eigenvalue weighted by molar-refractivity contribution is 0.0700. The average Bonchev–Trinajstić information content (AvgIpc) is 2.52. The first-order valence-corrected chi connectivity index (χ1v) is 6.37. The number of Topliss-reactive ketones (excluding diaryl/α,β-unsaturated/α-hetero) is 1. The highest BCUT2D eigenvalue weighted by atomic mass is 19.3. The lowest BCUT2D eigenvalue weighted by Gasteiger charge is -2.15. The average molecular weight is 292 g/mol. The van der Waals surface area contributed by atoms with E-state index in [1.807, 2.05) is 0 Å². The number of benzene rings is 2. The normalized spacial score (nSPS) is 12.2. The molecular formula is C16H14F2O3. The molecule has 0 aliphatic carbocycles. The van der Waals surface area contributed by atoms with Crippen molar-refractivity contribution >= 4 is 5.78 Å². The molecule has 0 heterocycles. The second kappa shape index (κ2) is 6.95. The highest BCUT2D eigenvalue weighted by Crippen LogP contribution is 2.27. The molecular weight excluding hydrogens is 278 g/mol. The molecule has 1 atom stereocenters. The minimum absolute atomic E-state index is 0.0783. The third-order valence-corrected chi connectivity index (χ3v) is 2.89. The summed E-state index contributed by atoms with van der Waals surface area (Å²) in [6.45, 7) is -0.788. The molecule has 2 aromatic rings. The van der Waals surface area contributed by atoms with Crippen LogP contribution in [0.15, 0.2) is 54.6 Å². The Morgan fingerprint density at radius 3 is 2.33 bits per heavy atom. The number of hydrogen-bond acceptors (Lipinski definition) is 3. The number of halogens is 2. The number of aliphatic hydroxyl groups excluding tert-OH is 1. The van der Waals surface area contributed by atoms with Gasteiger partial charge in [0.25, 0.3) is 6.43 Å². The SMILES string of the molecule is O=C(c1ccccc1)C(O)c1ccccc1OCC(F)F. The molecule has 5 heteroatoms. The maximum absolute atomic E-state index is 12.2. The van der Waals surface area contributed by atoms with E-state index in [-0.39, 0.29) is 11.3 Å². The number of carbonyl (C=O) groups is 1. The molecule has 3 nitrogen and oxygen atoms in total. The summed E-state index contributed by atoms with van der Waals surface area (Å²) in [5.41, 5.74) is 0.515. The summed E-state index contributed by atoms with van der Waals surface area (Å²) in [5, 5.41) is 10.2. The predicted molar refractivity (Wildman–Crippen MR) is 73.7 cm³/mol. The van der Waals surface area contributed by atoms with Gasteiger partial charge in [0.2, 0.25) is 0 Å². The molecule has 21 heavy (non-hydrogen) atoms. The molecule has 0 saturated heterocycles. The third-order valence-electron chi connectivity index (χ3n) is 2.89. The highest BCUT2D eigenvalue weighted by Gasteiger charge is 2.22. The first-order valence-electron chi connectivity index (χ1n) is 6.37. The van der Waals surface area contributed by atoms with Crippen molar-refractivity contribution in [3.63, 3.8) is 0 Å². The topological polar surface area (TPSA) is 46.5 Å². The summed E-state index contributed by atoms with van der Waals surface area (Å²) in [7, 11) is 0. The second-order valence-electron chi connectivity index (χ2n) is 4.37. The first-order chi connectivity index (χ1) is 10.1. The molecule has 0 aliphatic rings. The smallest absolute Gasteiger partial charge is 0.272 e. The van der Waals surface area contributed by atoms with Crippen molar-refractivity contribution in [2.75, 3.05) is 6.61 Å². The van der Waals surface area contributed by atoms with Gasteiger partial charge in [-0.15, -0.1) is 0 Å². The first kappa shape index (κ1) is 15.1. The predicted octanol–water partition coefficient (Wildman–Crippen LogP) is 3.25. The Hall–Kier alpha value is -2.27. The van der Waals surface area contributed by atoms with Gasteiger partial charge in [-0.3, -0.25) is 4.79 Å². The van der Waals surface area contributed by atoms with E-state index >= 15 is 0 Å². The molecule has 0 amide bonds. The fraction of sp³-hybridized carbons (Fsp3) is 0.188. The molecule has 1 unspecified atom stereocenters. The van der Waals surface area contributed by atoms with Gasteiger partial charge in [-0.05, 0) is 6.07 Å². The van der Waals surface area contributed by atoms with E-state index in [0.717, 1.165) is 0 Å². The number of rotatable bonds is 6. The highest BCUT2D eigenvalue weighted by molar-refractivity contribution is 6.00. The van der Waals surface area contributed by atoms with Crippen LogP contribution < -0.4 is 4.74 Å². The maximum atomic E-state index is 12.2. The van der Waals surface area contributed by atoms with Crippen molar-refractivity contribution < 1.29 is 23.4 Å². The van der Waals surface area contributed by atoms with E-state index in [9.17, 15) is 18.7 Å². The molecule has 0 aliphatic heterocycles. The van der Waals surface area contributed by atoms with Gasteiger partial charge in [-0.1, -0.05) is 48.5 Å². The molecule has 0 fully saturated rings. The zero-order valence-electron chi connectivity index (χ0n) is 11.1. The summed E-state index contributed by atoms with van der Waals surface area (Å²) >= 11 is 0. The molecule has 0 saturated carbocycles. The van der Waals surface area contributed by atoms with Gasteiger partial charge in [0.05, 0.1) is 0 Å². The van der Waals surface area contributed by atoms with Crippen LogP contribution in [0.2, 0.25) is 0 Å². The number of para-hydroxylation sites is 1. The number of aliphatic hydroxyl groups is 1. The van der Waals surface area contributed by atoms with Crippen LogP contribution in [-0.4, -0.2) is 23.9 Å². The minimum atomic E-state index is -2.62. The summed E-state index contributed by atoms with van der Waals surface area (Å²) in [5.74, 6) is -0.432. The Morgan fingerprint density at radius 1 is 1.05 bits per heavy atom. The van der Waals surface area contributed by atoms with Gasteiger partial charge in [0.1, 0.15) is 18.5 Å². The monoisotopic (exact) mass is 292 g/mol. The maximum Gasteiger partial charge on any atom is 0.272 e. The van der Waals surface area contributed by atoms with Gasteiger partial charge in [-0.2, -0.15) is 0 Å². The van der Waals surface area contributed by atoms with Crippen LogP contribution in [0.25, 0.3) is 0 Å². The summed E-state index contributed by atoms with van der Waals surface area (Å²) < 4.78 is 29.4. The molecule has 0 bridgehead atoms. The summed E-state index contributed by atoms with van der Waals surface area (Å²) in [4.78, 5) is 12.2. The molecule has 2 rings (SSSR count). The largest absolute Gasteiger partial charge is 0.487 e. The van der Waals surface area contributed by atoms with Gasteiger partial charge in [-0.25, -0.2) is 8.78 Å². The lowest BCUT2D eigenvalue weighted by atomic mass is 9.99. The van der Waals surface area contributed by atoms with Crippen LogP contribution in [-0.2, 0) is 0 Å². The van der Waals surface area contributed by atoms with Crippen molar-refractivity contribution in [2.45, 2.75) is 12.5 Å². The standard InChI is InChI=1S/C16H14F2O3/c17-14(18)10-21-13-9-5-4-8-12(13)16(20)15(19)11-6-2-1-3-7-11/h1-9,14,16,20H,10H2. The molecule has 0 radical (unpaired) electrons. The fourth-order valence-electron chi connectivity index (χ4n) is 1.89. The van der Waals surface area contributed by atoms with Gasteiger partial charge < -0.3 is 9.84 Å². The van der Waals surface area contributed by atoms with E-state index in [2.05, 4.69) is 0 Å². The quantitative estimate of drug-likeness (QED) is 0.831. The van der Waals surface area contributed by atoms with Crippen molar-refractivity contribution in [3.8, 4) is 5.75 Å². The third kappa shape index (κ3) is 3.86. The van der Waals surface area contributed by atoms with Crippen LogP contribution in [0.3, 0.4) is 0 Å². The number of ketones is 1. The number of hydrogen-bond donors (Lipinski definition) is 1. The van der Waals surface area contributed by atoms with Crippen molar-refractivity contribution in [1.29, 1.82) is 0 Å². The molecule has 0 spiro atoms. The van der Waals surface area contributed by atoms with E-state index in [4.69, 9.17) is 4.74 Å². The Labute approximate surface area is 120 Å². The van der Waals surface area contributed by atoms with Gasteiger partial charge >= 0.3 is 0 Å². The Bertz CT molecular complexity index is 599. The molecule has 1 N–H and O–H groups in total. The summed E-state index contributed by atoms with van der Waals surface area (Å²) in [6.07, 6.45) is -4.08. The van der Waals surface area contributed by atoms with Gasteiger partial charge in [0, 0.05) is 11.1 Å². The van der Waals surface area contributed by atoms with E-state index in [1.54, 1.807) is 42.5 Å². The Morgan fingerprint density at radius 2 is 1.67 bits per heavy atom. The van der Waals surface area contributed by atoms with Crippen LogP contribution in [0.5, 0.6) is 5.75 Å². The summed E-state index contributed by atoms with van der Waals surface area (Å²) in [6, 6.07) is 14.4. The second-order valence-corrected chi connectivity index (χ2v) is 4.37. The molecule has 110 valence electrons. The van der Waals surface area contributed by atoms with Crippen molar-refractivity contribution in [3.05, 3.63) is 65.7 Å². The lowest BCUT2D eigenvalue weighted by Crippen LogP contribution is -2.15. The van der Waals surface area contributed by atoms with E-state index in [1.165, 1.54) is 12.1 Å². The van der Waals surface area contributed by atoms with E-state index in [0.29, 0.717) is 5.56 Å². The number of alkyl halides is 2. The zero-order valence-corrected chi connectivity index (χ0v) is 11.1. The number of carbonyl (C=O) groups excluding carboxylic acids is 1. The molecule has 0 aromatic heterocycles. The molecule has 2 aromatic carbocycles. The van der Waals surface area contributed by atoms with Crippen LogP contribution >= 0.6 is 0 Å². The van der Waals surface area contributed by atoms with Gasteiger partial charge in [0.15, 0.2) is 5.78 Å². The van der Waals surface area contributed by atoms with Crippen LogP contribution in [0.1, 0.15) is 22.0 Å². The van der Waals surface area contributed by atoms with Crippen LogP contribution in [0, 0.1) is 0 Å². The minimum Gasteiger partial charge on any atom is -0.487 e. The van der Waals surface area contributed by atoms with Crippen molar-refractivity contribution in [2.24, 2.45) is 0 Å².